The molecular formula is C28H28N2O8. The van der Waals surface area contributed by atoms with Crippen molar-refractivity contribution >= 4 is 35.5 Å². The number of rotatable bonds is 11. The quantitative estimate of drug-likeness (QED) is 0.153. The van der Waals surface area contributed by atoms with Gasteiger partial charge in [0, 0.05) is 12.1 Å². The third kappa shape index (κ3) is 6.41. The third-order valence-corrected chi connectivity index (χ3v) is 5.46. The summed E-state index contributed by atoms with van der Waals surface area (Å²) in [6, 6.07) is 13.2. The van der Waals surface area contributed by atoms with Gasteiger partial charge in [-0.1, -0.05) is 24.3 Å². The molecular weight excluding hydrogens is 492 g/mol. The first kappa shape index (κ1) is 27.6. The van der Waals surface area contributed by atoms with Crippen LogP contribution in [0.5, 0.6) is 28.7 Å². The minimum atomic E-state index is -0.505. The van der Waals surface area contributed by atoms with E-state index in [4.69, 9.17) is 23.7 Å². The highest BCUT2D eigenvalue weighted by atomic mass is 16.6. The summed E-state index contributed by atoms with van der Waals surface area (Å²) in [5, 5.41) is 14.0. The van der Waals surface area contributed by atoms with E-state index in [-0.39, 0.29) is 5.69 Å². The molecule has 0 aliphatic carbocycles. The minimum absolute atomic E-state index is 0.102. The summed E-state index contributed by atoms with van der Waals surface area (Å²) >= 11 is 0. The maximum Gasteiger partial charge on any atom is 0.276 e. The van der Waals surface area contributed by atoms with Gasteiger partial charge in [0.1, 0.15) is 0 Å². The molecule has 38 heavy (non-hydrogen) atoms. The van der Waals surface area contributed by atoms with E-state index in [9.17, 15) is 14.9 Å². The maximum atomic E-state index is 12.7. The molecule has 0 spiro atoms. The van der Waals surface area contributed by atoms with Gasteiger partial charge in [0.2, 0.25) is 11.7 Å². The molecule has 0 saturated heterocycles. The average molecular weight is 521 g/mol. The van der Waals surface area contributed by atoms with E-state index in [1.807, 2.05) is 12.2 Å². The Morgan fingerprint density at radius 3 is 1.82 bits per heavy atom. The molecule has 10 nitrogen and oxygen atoms in total. The van der Waals surface area contributed by atoms with Crippen molar-refractivity contribution in [1.29, 1.82) is 0 Å². The topological polar surface area (TPSA) is 118 Å². The minimum Gasteiger partial charge on any atom is -0.493 e. The molecule has 0 atom stereocenters. The number of methoxy groups -OCH3 is 5. The highest BCUT2D eigenvalue weighted by Gasteiger charge is 2.15. The monoisotopic (exact) mass is 520 g/mol. The Kier molecular flexibility index (Phi) is 9.31. The summed E-state index contributed by atoms with van der Waals surface area (Å²) in [6.07, 6.45) is 6.26. The number of nitro groups is 1. The number of anilines is 1. The summed E-state index contributed by atoms with van der Waals surface area (Å²) in [5.74, 6) is 1.73. The Morgan fingerprint density at radius 2 is 1.29 bits per heavy atom. The van der Waals surface area contributed by atoms with Crippen LogP contribution in [0.2, 0.25) is 0 Å². The molecule has 3 aromatic rings. The molecule has 0 fully saturated rings. The first-order valence-electron chi connectivity index (χ1n) is 11.3. The largest absolute Gasteiger partial charge is 0.493 e. The molecule has 198 valence electrons. The van der Waals surface area contributed by atoms with Gasteiger partial charge in [-0.2, -0.15) is 0 Å². The van der Waals surface area contributed by atoms with Gasteiger partial charge in [-0.25, -0.2) is 0 Å². The first-order valence-corrected chi connectivity index (χ1v) is 11.3. The van der Waals surface area contributed by atoms with Crippen LogP contribution in [-0.2, 0) is 4.79 Å². The molecule has 0 aliphatic heterocycles. The standard InChI is InChI=1S/C28H28N2O8/c1-34-23-15-18(10-11-19-16-24(35-2)28(38-5)25(17-19)36-3)14-21(27(23)37-4)29-26(31)13-12-20-8-6-7-9-22(20)30(32)33/h6-17H,1-5H3,(H,29,31)/b11-10?,13-12+. The summed E-state index contributed by atoms with van der Waals surface area (Å²) in [5.41, 5.74) is 2.05. The fourth-order valence-corrected chi connectivity index (χ4v) is 3.70. The molecule has 10 heteroatoms. The molecule has 0 aromatic heterocycles. The van der Waals surface area contributed by atoms with E-state index in [2.05, 4.69) is 5.32 Å². The number of nitrogens with one attached hydrogen (secondary N) is 1. The van der Waals surface area contributed by atoms with Gasteiger partial charge < -0.3 is 29.0 Å². The van der Waals surface area contributed by atoms with E-state index >= 15 is 0 Å². The van der Waals surface area contributed by atoms with E-state index in [0.29, 0.717) is 45.6 Å². The van der Waals surface area contributed by atoms with E-state index in [1.165, 1.54) is 39.5 Å². The molecule has 1 amide bonds. The molecule has 1 N–H and O–H groups in total. The predicted molar refractivity (Wildman–Crippen MR) is 145 cm³/mol. The Hall–Kier alpha value is -4.99. The number of amides is 1. The van der Waals surface area contributed by atoms with Crippen LogP contribution in [0.3, 0.4) is 0 Å². The van der Waals surface area contributed by atoms with Crippen LogP contribution in [0, 0.1) is 10.1 Å². The van der Waals surface area contributed by atoms with Crippen molar-refractivity contribution in [2.45, 2.75) is 0 Å². The average Bonchev–Trinajstić information content (AvgIpc) is 2.93. The molecule has 0 heterocycles. The number of carbonyl (C=O) groups is 1. The first-order chi connectivity index (χ1) is 18.3. The maximum absolute atomic E-state index is 12.7. The van der Waals surface area contributed by atoms with Crippen molar-refractivity contribution in [3.05, 3.63) is 81.4 Å². The van der Waals surface area contributed by atoms with Gasteiger partial charge in [0.15, 0.2) is 23.0 Å². The highest BCUT2D eigenvalue weighted by Crippen LogP contribution is 2.40. The van der Waals surface area contributed by atoms with E-state index in [1.54, 1.807) is 56.7 Å². The van der Waals surface area contributed by atoms with Crippen molar-refractivity contribution in [3.8, 4) is 28.7 Å². The van der Waals surface area contributed by atoms with Gasteiger partial charge in [-0.05, 0) is 47.5 Å². The predicted octanol–water partition coefficient (Wildman–Crippen LogP) is 5.46. The second-order valence-corrected chi connectivity index (χ2v) is 7.73. The summed E-state index contributed by atoms with van der Waals surface area (Å²) in [7, 11) is 7.56. The zero-order valence-electron chi connectivity index (χ0n) is 21.6. The number of para-hydroxylation sites is 1. The van der Waals surface area contributed by atoms with Gasteiger partial charge in [-0.15, -0.1) is 0 Å². The second-order valence-electron chi connectivity index (χ2n) is 7.73. The van der Waals surface area contributed by atoms with Crippen LogP contribution in [0.25, 0.3) is 18.2 Å². The van der Waals surface area contributed by atoms with Gasteiger partial charge >= 0.3 is 0 Å². The number of nitro benzene ring substituents is 1. The number of ether oxygens (including phenoxy) is 5. The lowest BCUT2D eigenvalue weighted by molar-refractivity contribution is -0.385. The van der Waals surface area contributed by atoms with E-state index in [0.717, 1.165) is 5.56 Å². The Bertz CT molecular complexity index is 1360. The number of carbonyl (C=O) groups excluding carboxylic acids is 1. The molecule has 0 unspecified atom stereocenters. The lowest BCUT2D eigenvalue weighted by atomic mass is 10.1. The molecule has 3 rings (SSSR count). The number of hydrogen-bond donors (Lipinski definition) is 1. The highest BCUT2D eigenvalue weighted by molar-refractivity contribution is 6.03. The summed E-state index contributed by atoms with van der Waals surface area (Å²) < 4.78 is 27.1. The van der Waals surface area contributed by atoms with Crippen LogP contribution in [0.4, 0.5) is 11.4 Å². The van der Waals surface area contributed by atoms with Crippen LogP contribution in [0.1, 0.15) is 16.7 Å². The zero-order chi connectivity index (χ0) is 27.7. The van der Waals surface area contributed by atoms with Crippen LogP contribution in [0.15, 0.2) is 54.6 Å². The van der Waals surface area contributed by atoms with Crippen molar-refractivity contribution in [2.24, 2.45) is 0 Å². The molecule has 3 aromatic carbocycles. The molecule has 0 saturated carbocycles. The zero-order valence-corrected chi connectivity index (χ0v) is 21.6. The number of benzene rings is 3. The van der Waals surface area contributed by atoms with Crippen LogP contribution in [-0.4, -0.2) is 46.4 Å². The van der Waals surface area contributed by atoms with Crippen molar-refractivity contribution in [3.63, 3.8) is 0 Å². The number of hydrogen-bond acceptors (Lipinski definition) is 8. The van der Waals surface area contributed by atoms with Crippen molar-refractivity contribution in [1.82, 2.24) is 0 Å². The van der Waals surface area contributed by atoms with Crippen LogP contribution < -0.4 is 29.0 Å². The van der Waals surface area contributed by atoms with Crippen molar-refractivity contribution < 1.29 is 33.4 Å². The number of nitrogens with zero attached hydrogens (tertiary/aromatic N) is 1. The summed E-state index contributed by atoms with van der Waals surface area (Å²) in [6.45, 7) is 0. The Balaban J connectivity index is 1.92. The van der Waals surface area contributed by atoms with E-state index < -0.39 is 10.8 Å². The van der Waals surface area contributed by atoms with Crippen molar-refractivity contribution in [2.75, 3.05) is 40.9 Å². The molecule has 0 aliphatic rings. The molecule has 0 bridgehead atoms. The smallest absolute Gasteiger partial charge is 0.276 e. The van der Waals surface area contributed by atoms with Gasteiger partial charge in [-0.3, -0.25) is 14.9 Å². The fourth-order valence-electron chi connectivity index (χ4n) is 3.70. The Labute approximate surface area is 220 Å². The lowest BCUT2D eigenvalue weighted by Crippen LogP contribution is -2.10. The van der Waals surface area contributed by atoms with Gasteiger partial charge in [0.05, 0.1) is 51.7 Å². The second kappa shape index (κ2) is 12.8. The van der Waals surface area contributed by atoms with Gasteiger partial charge in [0.25, 0.3) is 5.69 Å². The third-order valence-electron chi connectivity index (χ3n) is 5.46. The Morgan fingerprint density at radius 1 is 0.763 bits per heavy atom. The fraction of sp³-hybridized carbons (Fsp3) is 0.179. The SMILES string of the molecule is COc1cc(C=Cc2cc(OC)c(OC)c(OC)c2)cc(NC(=O)/C=C/c2ccccc2[N+](=O)[O-])c1OC. The summed E-state index contributed by atoms with van der Waals surface area (Å²) in [4.78, 5) is 23.4. The lowest BCUT2D eigenvalue weighted by Gasteiger charge is -2.14. The van der Waals surface area contributed by atoms with Crippen LogP contribution >= 0.6 is 0 Å². The molecule has 0 radical (unpaired) electrons. The normalized spacial score (nSPS) is 10.9.